The van der Waals surface area contributed by atoms with Crippen LogP contribution in [0.4, 0.5) is 4.79 Å². The lowest BCUT2D eigenvalue weighted by Gasteiger charge is -2.29. The highest BCUT2D eigenvalue weighted by molar-refractivity contribution is 6.07. The lowest BCUT2D eigenvalue weighted by atomic mass is 9.83. The van der Waals surface area contributed by atoms with Crippen molar-refractivity contribution in [1.82, 2.24) is 20.9 Å². The van der Waals surface area contributed by atoms with E-state index in [1.54, 1.807) is 4.90 Å². The Kier molecular flexibility index (Phi) is 8.79. The van der Waals surface area contributed by atoms with Crippen molar-refractivity contribution in [1.29, 1.82) is 5.41 Å². The van der Waals surface area contributed by atoms with Gasteiger partial charge in [0.25, 0.3) is 5.91 Å². The molecule has 0 bridgehead atoms. The third-order valence-corrected chi connectivity index (χ3v) is 6.83. The average Bonchev–Trinajstić information content (AvgIpc) is 3.15. The molecule has 3 aromatic carbocycles. The number of hydrogen-bond donors (Lipinski definition) is 4. The number of nitrogens with zero attached hydrogens (tertiary/aromatic N) is 1. The second-order valence-electron chi connectivity index (χ2n) is 10.4. The summed E-state index contributed by atoms with van der Waals surface area (Å²) in [6.45, 7) is 5.43. The van der Waals surface area contributed by atoms with E-state index < -0.39 is 5.54 Å². The van der Waals surface area contributed by atoms with Crippen molar-refractivity contribution in [2.24, 2.45) is 5.92 Å². The Balaban J connectivity index is 1.33. The van der Waals surface area contributed by atoms with Gasteiger partial charge in [0.15, 0.2) is 5.96 Å². The zero-order valence-electron chi connectivity index (χ0n) is 22.2. The second-order valence-corrected chi connectivity index (χ2v) is 10.4. The summed E-state index contributed by atoms with van der Waals surface area (Å²) >= 11 is 0. The minimum Gasteiger partial charge on any atom is -0.342 e. The van der Waals surface area contributed by atoms with Gasteiger partial charge in [-0.05, 0) is 47.4 Å². The molecule has 1 unspecified atom stereocenters. The standard InChI is InChI=1S/C31H37N5O2/c1-23(2)19-31(18-17-24-9-5-3-6-10-24)28(37)36(29(32)35-31)22-27-15-13-26(14-16-27)21-34-30(38)33-20-25-11-7-4-8-12-25/h3-16,23H,17-22H2,1-2H3,(H2,32,35)(H2,33,34,38). The van der Waals surface area contributed by atoms with Gasteiger partial charge in [-0.2, -0.15) is 0 Å². The lowest BCUT2D eigenvalue weighted by Crippen LogP contribution is -2.48. The lowest BCUT2D eigenvalue weighted by molar-refractivity contribution is -0.132. The van der Waals surface area contributed by atoms with Crippen LogP contribution in [-0.4, -0.2) is 28.3 Å². The minimum absolute atomic E-state index is 0.0343. The van der Waals surface area contributed by atoms with Crippen LogP contribution in [0.3, 0.4) is 0 Å². The van der Waals surface area contributed by atoms with Gasteiger partial charge in [-0.15, -0.1) is 0 Å². The number of carbonyl (C=O) groups excluding carboxylic acids is 2. The molecule has 0 saturated carbocycles. The zero-order chi connectivity index (χ0) is 27.0. The van der Waals surface area contributed by atoms with Crippen LogP contribution in [0.5, 0.6) is 0 Å². The van der Waals surface area contributed by atoms with Crippen LogP contribution in [-0.2, 0) is 30.8 Å². The molecule has 38 heavy (non-hydrogen) atoms. The fourth-order valence-electron chi connectivity index (χ4n) is 4.94. The van der Waals surface area contributed by atoms with Crippen molar-refractivity contribution in [3.63, 3.8) is 0 Å². The number of aryl methyl sites for hydroxylation is 1. The van der Waals surface area contributed by atoms with E-state index in [0.717, 1.165) is 23.1 Å². The van der Waals surface area contributed by atoms with Crippen LogP contribution in [0, 0.1) is 11.3 Å². The van der Waals surface area contributed by atoms with Gasteiger partial charge < -0.3 is 16.0 Å². The summed E-state index contributed by atoms with van der Waals surface area (Å²) in [5, 5.41) is 17.6. The monoisotopic (exact) mass is 511 g/mol. The first-order valence-corrected chi connectivity index (χ1v) is 13.2. The van der Waals surface area contributed by atoms with Crippen molar-refractivity contribution >= 4 is 17.9 Å². The van der Waals surface area contributed by atoms with Crippen molar-refractivity contribution in [3.8, 4) is 0 Å². The number of carbonyl (C=O) groups is 2. The smallest absolute Gasteiger partial charge is 0.315 e. The van der Waals surface area contributed by atoms with E-state index in [4.69, 9.17) is 5.41 Å². The normalized spacial score (nSPS) is 17.0. The molecule has 4 N–H and O–H groups in total. The molecular weight excluding hydrogens is 474 g/mol. The molecule has 1 heterocycles. The quantitative estimate of drug-likeness (QED) is 0.293. The summed E-state index contributed by atoms with van der Waals surface area (Å²) in [6, 6.07) is 27.5. The fourth-order valence-corrected chi connectivity index (χ4v) is 4.94. The molecule has 1 fully saturated rings. The summed E-state index contributed by atoms with van der Waals surface area (Å²) in [5.41, 5.74) is 3.36. The summed E-state index contributed by atoms with van der Waals surface area (Å²) in [5.74, 6) is 0.434. The fraction of sp³-hybridized carbons (Fsp3) is 0.323. The first-order chi connectivity index (χ1) is 18.3. The third kappa shape index (κ3) is 7.00. The first-order valence-electron chi connectivity index (χ1n) is 13.2. The molecular formula is C31H37N5O2. The Morgan fingerprint density at radius 3 is 1.95 bits per heavy atom. The number of guanidine groups is 1. The number of urea groups is 1. The molecule has 7 nitrogen and oxygen atoms in total. The maximum Gasteiger partial charge on any atom is 0.315 e. The Morgan fingerprint density at radius 2 is 1.37 bits per heavy atom. The predicted octanol–water partition coefficient (Wildman–Crippen LogP) is 4.97. The molecule has 0 radical (unpaired) electrons. The Morgan fingerprint density at radius 1 is 0.842 bits per heavy atom. The van der Waals surface area contributed by atoms with Crippen molar-refractivity contribution in [2.45, 2.75) is 58.3 Å². The Hall–Kier alpha value is -4.13. The van der Waals surface area contributed by atoms with Gasteiger partial charge in [0, 0.05) is 13.1 Å². The van der Waals surface area contributed by atoms with E-state index in [1.807, 2.05) is 72.8 Å². The van der Waals surface area contributed by atoms with Crippen LogP contribution in [0.15, 0.2) is 84.9 Å². The summed E-state index contributed by atoms with van der Waals surface area (Å²) in [4.78, 5) is 27.4. The highest BCUT2D eigenvalue weighted by Crippen LogP contribution is 2.31. The van der Waals surface area contributed by atoms with Crippen LogP contribution < -0.4 is 16.0 Å². The summed E-state index contributed by atoms with van der Waals surface area (Å²) < 4.78 is 0. The maximum absolute atomic E-state index is 13.7. The van der Waals surface area contributed by atoms with Crippen LogP contribution in [0.1, 0.15) is 48.9 Å². The highest BCUT2D eigenvalue weighted by Gasteiger charge is 2.49. The number of nitrogens with one attached hydrogen (secondary N) is 4. The first kappa shape index (κ1) is 26.9. The number of hydrogen-bond acceptors (Lipinski definition) is 3. The van der Waals surface area contributed by atoms with E-state index in [9.17, 15) is 9.59 Å². The molecule has 0 spiro atoms. The highest BCUT2D eigenvalue weighted by atomic mass is 16.2. The molecule has 1 saturated heterocycles. The third-order valence-electron chi connectivity index (χ3n) is 6.83. The SMILES string of the molecule is CC(C)CC1(CCc2ccccc2)NC(=N)N(Cc2ccc(CNC(=O)NCc3ccccc3)cc2)C1=O. The summed E-state index contributed by atoms with van der Waals surface area (Å²) in [7, 11) is 0. The minimum atomic E-state index is -0.766. The van der Waals surface area contributed by atoms with Gasteiger partial charge in [0.05, 0.1) is 6.54 Å². The average molecular weight is 512 g/mol. The molecule has 3 aromatic rings. The predicted molar refractivity (Wildman–Crippen MR) is 150 cm³/mol. The molecule has 3 amide bonds. The second kappa shape index (κ2) is 12.4. The molecule has 198 valence electrons. The van der Waals surface area contributed by atoms with Gasteiger partial charge in [0.2, 0.25) is 0 Å². The largest absolute Gasteiger partial charge is 0.342 e. The number of rotatable bonds is 11. The molecule has 4 rings (SSSR count). The number of benzene rings is 3. The molecule has 7 heteroatoms. The van der Waals surface area contributed by atoms with Crippen LogP contribution in [0.25, 0.3) is 0 Å². The molecule has 1 atom stereocenters. The molecule has 0 aliphatic carbocycles. The van der Waals surface area contributed by atoms with Crippen molar-refractivity contribution in [3.05, 3.63) is 107 Å². The topological polar surface area (TPSA) is 97.3 Å². The molecule has 0 aromatic heterocycles. The molecule has 1 aliphatic heterocycles. The molecule has 1 aliphatic rings. The van der Waals surface area contributed by atoms with Gasteiger partial charge in [-0.3, -0.25) is 15.1 Å². The van der Waals surface area contributed by atoms with Gasteiger partial charge in [-0.25, -0.2) is 4.79 Å². The summed E-state index contributed by atoms with van der Waals surface area (Å²) in [6.07, 6.45) is 2.09. The van der Waals surface area contributed by atoms with E-state index >= 15 is 0 Å². The van der Waals surface area contributed by atoms with Gasteiger partial charge >= 0.3 is 6.03 Å². The maximum atomic E-state index is 13.7. The Labute approximate surface area is 225 Å². The number of amides is 3. The Bertz CT molecular complexity index is 1230. The van der Waals surface area contributed by atoms with E-state index in [-0.39, 0.29) is 17.9 Å². The zero-order valence-corrected chi connectivity index (χ0v) is 22.2. The van der Waals surface area contributed by atoms with Gasteiger partial charge in [-0.1, -0.05) is 98.8 Å². The van der Waals surface area contributed by atoms with Crippen molar-refractivity contribution in [2.75, 3.05) is 0 Å². The van der Waals surface area contributed by atoms with Crippen LogP contribution in [0.2, 0.25) is 0 Å². The van der Waals surface area contributed by atoms with E-state index in [1.165, 1.54) is 5.56 Å². The van der Waals surface area contributed by atoms with Crippen LogP contribution >= 0.6 is 0 Å². The van der Waals surface area contributed by atoms with E-state index in [0.29, 0.717) is 38.4 Å². The van der Waals surface area contributed by atoms with Crippen molar-refractivity contribution < 1.29 is 9.59 Å². The van der Waals surface area contributed by atoms with Gasteiger partial charge in [0.1, 0.15) is 5.54 Å². The van der Waals surface area contributed by atoms with E-state index in [2.05, 4.69) is 41.9 Å².